The molecular weight excluding hydrogens is 256 g/mol. The van der Waals surface area contributed by atoms with Gasteiger partial charge in [-0.05, 0) is 31.0 Å². The van der Waals surface area contributed by atoms with Crippen molar-refractivity contribution in [2.24, 2.45) is 0 Å². The molecule has 0 saturated heterocycles. The van der Waals surface area contributed by atoms with Crippen molar-refractivity contribution in [2.45, 2.75) is 19.8 Å². The Morgan fingerprint density at radius 2 is 1.62 bits per heavy atom. The van der Waals surface area contributed by atoms with Gasteiger partial charge in [0, 0.05) is 17.6 Å². The van der Waals surface area contributed by atoms with E-state index in [1.54, 1.807) is 6.92 Å². The zero-order valence-corrected chi connectivity index (χ0v) is 12.2. The molecule has 0 bridgehead atoms. The third-order valence-electron chi connectivity index (χ3n) is 3.04. The molecule has 0 heterocycles. The summed E-state index contributed by atoms with van der Waals surface area (Å²) in [5, 5.41) is 0. The van der Waals surface area contributed by atoms with Crippen LogP contribution in [0.3, 0.4) is 0 Å². The monoisotopic (exact) mass is 274 g/mol. The highest BCUT2D eigenvalue weighted by Crippen LogP contribution is 2.15. The summed E-state index contributed by atoms with van der Waals surface area (Å²) in [5.41, 5.74) is 3.05. The third kappa shape index (κ3) is 5.12. The molecule has 0 fully saturated rings. The van der Waals surface area contributed by atoms with Crippen molar-refractivity contribution < 1.29 is 4.79 Å². The summed E-state index contributed by atoms with van der Waals surface area (Å²) in [6.07, 6.45) is 3.33. The van der Waals surface area contributed by atoms with Gasteiger partial charge in [0.05, 0.1) is 0 Å². The summed E-state index contributed by atoms with van der Waals surface area (Å²) in [5.74, 6) is 6.61. The van der Waals surface area contributed by atoms with Crippen molar-refractivity contribution in [2.75, 3.05) is 0 Å². The number of ketones is 1. The molecule has 0 aliphatic rings. The average molecular weight is 274 g/mol. The summed E-state index contributed by atoms with van der Waals surface area (Å²) < 4.78 is 0. The number of allylic oxidation sites excluding steroid dienone is 2. The summed E-state index contributed by atoms with van der Waals surface area (Å²) in [6, 6.07) is 20.0. The van der Waals surface area contributed by atoms with Crippen molar-refractivity contribution in [3.05, 3.63) is 77.9 Å². The van der Waals surface area contributed by atoms with Crippen LogP contribution in [-0.2, 0) is 4.79 Å². The van der Waals surface area contributed by atoms with E-state index in [1.807, 2.05) is 66.7 Å². The molecule has 21 heavy (non-hydrogen) atoms. The highest BCUT2D eigenvalue weighted by atomic mass is 16.1. The van der Waals surface area contributed by atoms with Gasteiger partial charge in [-0.15, -0.1) is 0 Å². The molecule has 0 atom stereocenters. The Morgan fingerprint density at radius 3 is 2.24 bits per heavy atom. The van der Waals surface area contributed by atoms with Crippen LogP contribution in [0.2, 0.25) is 0 Å². The third-order valence-corrected chi connectivity index (χ3v) is 3.04. The van der Waals surface area contributed by atoms with Crippen LogP contribution in [0.1, 0.15) is 30.9 Å². The molecule has 0 radical (unpaired) electrons. The van der Waals surface area contributed by atoms with Crippen molar-refractivity contribution in [1.29, 1.82) is 0 Å². The van der Waals surface area contributed by atoms with Gasteiger partial charge in [0.15, 0.2) is 0 Å². The average Bonchev–Trinajstić information content (AvgIpc) is 2.52. The van der Waals surface area contributed by atoms with Gasteiger partial charge in [0.1, 0.15) is 5.78 Å². The lowest BCUT2D eigenvalue weighted by Crippen LogP contribution is -1.88. The van der Waals surface area contributed by atoms with E-state index in [0.717, 1.165) is 23.1 Å². The van der Waals surface area contributed by atoms with Crippen LogP contribution in [0.5, 0.6) is 0 Å². The predicted octanol–water partition coefficient (Wildman–Crippen LogP) is 4.49. The minimum Gasteiger partial charge on any atom is -0.300 e. The Labute approximate surface area is 126 Å². The quantitative estimate of drug-likeness (QED) is 0.751. The normalized spacial score (nSPS) is 10.6. The smallest absolute Gasteiger partial charge is 0.130 e. The Kier molecular flexibility index (Phi) is 5.55. The van der Waals surface area contributed by atoms with Gasteiger partial charge < -0.3 is 4.79 Å². The molecule has 2 aromatic rings. The second kappa shape index (κ2) is 7.87. The molecule has 0 aliphatic heterocycles. The van der Waals surface area contributed by atoms with E-state index in [4.69, 9.17) is 0 Å². The van der Waals surface area contributed by atoms with Crippen LogP contribution >= 0.6 is 0 Å². The number of rotatable bonds is 4. The predicted molar refractivity (Wildman–Crippen MR) is 87.7 cm³/mol. The highest BCUT2D eigenvalue weighted by molar-refractivity contribution is 5.80. The van der Waals surface area contributed by atoms with Crippen LogP contribution in [0.4, 0.5) is 0 Å². The maximum absolute atomic E-state index is 11.1. The van der Waals surface area contributed by atoms with E-state index in [-0.39, 0.29) is 5.78 Å². The summed E-state index contributed by atoms with van der Waals surface area (Å²) in [6.45, 7) is 1.62. The fraction of sp³-hybridized carbons (Fsp3) is 0.150. The van der Waals surface area contributed by atoms with E-state index in [2.05, 4.69) is 11.8 Å². The molecule has 1 nitrogen and oxygen atoms in total. The van der Waals surface area contributed by atoms with E-state index >= 15 is 0 Å². The second-order valence-electron chi connectivity index (χ2n) is 4.84. The molecule has 0 aliphatic carbocycles. The van der Waals surface area contributed by atoms with Gasteiger partial charge in [0.25, 0.3) is 0 Å². The first-order valence-corrected chi connectivity index (χ1v) is 7.08. The molecule has 0 aromatic heterocycles. The minimum absolute atomic E-state index is 0.203. The van der Waals surface area contributed by atoms with Crippen molar-refractivity contribution >= 4 is 11.4 Å². The van der Waals surface area contributed by atoms with Gasteiger partial charge in [-0.3, -0.25) is 0 Å². The Balaban J connectivity index is 2.25. The molecule has 1 heteroatoms. The minimum atomic E-state index is 0.203. The first-order valence-electron chi connectivity index (χ1n) is 7.08. The second-order valence-corrected chi connectivity index (χ2v) is 4.84. The molecule has 0 spiro atoms. The maximum atomic E-state index is 11.1. The van der Waals surface area contributed by atoms with Gasteiger partial charge in [0.2, 0.25) is 0 Å². The first kappa shape index (κ1) is 14.8. The number of hydrogen-bond donors (Lipinski definition) is 0. The van der Waals surface area contributed by atoms with Crippen molar-refractivity contribution in [3.8, 4) is 11.8 Å². The van der Waals surface area contributed by atoms with Gasteiger partial charge in [-0.2, -0.15) is 0 Å². The van der Waals surface area contributed by atoms with Gasteiger partial charge in [-0.1, -0.05) is 66.4 Å². The van der Waals surface area contributed by atoms with E-state index in [9.17, 15) is 4.79 Å². The lowest BCUT2D eigenvalue weighted by atomic mass is 10.0. The van der Waals surface area contributed by atoms with Crippen LogP contribution < -0.4 is 0 Å². The molecule has 0 N–H and O–H groups in total. The van der Waals surface area contributed by atoms with E-state index in [1.165, 1.54) is 0 Å². The number of carbonyl (C=O) groups is 1. The van der Waals surface area contributed by atoms with Crippen LogP contribution in [0, 0.1) is 11.8 Å². The number of hydrogen-bond acceptors (Lipinski definition) is 1. The highest BCUT2D eigenvalue weighted by Gasteiger charge is 1.98. The van der Waals surface area contributed by atoms with Crippen LogP contribution in [0.25, 0.3) is 5.57 Å². The number of carbonyl (C=O) groups excluding carboxylic acids is 1. The molecule has 2 rings (SSSR count). The molecule has 2 aromatic carbocycles. The summed E-state index contributed by atoms with van der Waals surface area (Å²) in [7, 11) is 0. The van der Waals surface area contributed by atoms with Crippen molar-refractivity contribution in [1.82, 2.24) is 0 Å². The molecule has 0 unspecified atom stereocenters. The molecule has 0 saturated carbocycles. The van der Waals surface area contributed by atoms with E-state index < -0.39 is 0 Å². The largest absolute Gasteiger partial charge is 0.300 e. The lowest BCUT2D eigenvalue weighted by Gasteiger charge is -2.00. The lowest BCUT2D eigenvalue weighted by molar-refractivity contribution is -0.116. The first-order chi connectivity index (χ1) is 10.3. The van der Waals surface area contributed by atoms with Gasteiger partial charge >= 0.3 is 0 Å². The number of Topliss-reactive ketones (excluding diaryl/α,β-unsaturated/α-hetero) is 1. The van der Waals surface area contributed by atoms with Crippen LogP contribution in [0.15, 0.2) is 66.7 Å². The van der Waals surface area contributed by atoms with E-state index in [0.29, 0.717) is 6.42 Å². The summed E-state index contributed by atoms with van der Waals surface area (Å²) >= 11 is 0. The Hall–Kier alpha value is -2.59. The zero-order chi connectivity index (χ0) is 14.9. The molecular formula is C20H18O. The number of benzene rings is 2. The fourth-order valence-corrected chi connectivity index (χ4v) is 1.94. The Bertz CT molecular complexity index is 670. The summed E-state index contributed by atoms with van der Waals surface area (Å²) in [4.78, 5) is 11.1. The fourth-order valence-electron chi connectivity index (χ4n) is 1.94. The van der Waals surface area contributed by atoms with Crippen molar-refractivity contribution in [3.63, 3.8) is 0 Å². The SMILES string of the molecule is CC(=O)CC/C=C(/C#Cc1ccccc1)c1ccccc1. The zero-order valence-electron chi connectivity index (χ0n) is 12.2. The Morgan fingerprint density at radius 1 is 1.00 bits per heavy atom. The molecule has 104 valence electrons. The molecule has 0 amide bonds. The van der Waals surface area contributed by atoms with Crippen LogP contribution in [-0.4, -0.2) is 5.78 Å². The maximum Gasteiger partial charge on any atom is 0.130 e. The standard InChI is InChI=1S/C20H18O/c1-17(21)9-8-14-20(19-12-6-3-7-13-19)16-15-18-10-4-2-5-11-18/h2-7,10-14H,8-9H2,1H3/b20-14-. The topological polar surface area (TPSA) is 17.1 Å². The van der Waals surface area contributed by atoms with Gasteiger partial charge in [-0.25, -0.2) is 0 Å².